The predicted molar refractivity (Wildman–Crippen MR) is 113 cm³/mol. The normalized spacial score (nSPS) is 11.6. The molecule has 0 aliphatic heterocycles. The number of nitrogens with one attached hydrogen (secondary N) is 1. The Morgan fingerprint density at radius 2 is 1.71 bits per heavy atom. The maximum absolute atomic E-state index is 13.0. The monoisotopic (exact) mass is 525 g/mol. The van der Waals surface area contributed by atoms with Gasteiger partial charge in [-0.15, -0.1) is 10.2 Å². The number of hydrogen-bond acceptors (Lipinski definition) is 10. The Morgan fingerprint density at radius 1 is 1.03 bits per heavy atom. The molecule has 0 aliphatic rings. The van der Waals surface area contributed by atoms with Crippen LogP contribution in [0, 0.1) is 0 Å². The first kappa shape index (κ1) is 30.8. The first-order valence-electron chi connectivity index (χ1n) is 8.97. The minimum Gasteiger partial charge on any atom is -0.871 e. The van der Waals surface area contributed by atoms with Crippen LogP contribution in [0.1, 0.15) is 0 Å². The van der Waals surface area contributed by atoms with Gasteiger partial charge in [0.25, 0.3) is 10.1 Å². The van der Waals surface area contributed by atoms with Gasteiger partial charge in [0.1, 0.15) is 16.3 Å². The maximum atomic E-state index is 13.0. The number of methoxy groups -OCH3 is 1. The van der Waals surface area contributed by atoms with Crippen molar-refractivity contribution in [1.82, 2.24) is 0 Å². The summed E-state index contributed by atoms with van der Waals surface area (Å²) < 4.78 is 70.7. The number of azo groups is 1. The standard InChI is InChI=1S/C19H19N3O8S2.2Na/c1-30-16-5-3-2-4-15(16)21-22-18-17(32(27,28)29)10-12-6-7-13(11-14(12)19(18)23)20-8-9-31(24,25)26;;/h2-7,10-11,20,23H,8-9H2,1H3,(H,24,25,26)(H,27,28,29);;/q;2*+1/p-2. The second kappa shape index (κ2) is 12.6. The topological polar surface area (TPSA) is 181 Å². The first-order chi connectivity index (χ1) is 15.0. The van der Waals surface area contributed by atoms with Gasteiger partial charge in [-0.1, -0.05) is 23.9 Å². The Bertz CT molecular complexity index is 1410. The van der Waals surface area contributed by atoms with E-state index in [1.54, 1.807) is 18.2 Å². The minimum absolute atomic E-state index is 0. The molecule has 0 saturated carbocycles. The van der Waals surface area contributed by atoms with Gasteiger partial charge in [-0.05, 0) is 41.1 Å². The number of hydrogen-bond donors (Lipinski definition) is 2. The molecule has 170 valence electrons. The maximum Gasteiger partial charge on any atom is 1.00 e. The van der Waals surface area contributed by atoms with Crippen LogP contribution in [0.2, 0.25) is 0 Å². The second-order valence-corrected chi connectivity index (χ2v) is 9.44. The third-order valence-corrected chi connectivity index (χ3v) is 5.91. The van der Waals surface area contributed by atoms with E-state index in [9.17, 15) is 31.0 Å². The van der Waals surface area contributed by atoms with Gasteiger partial charge in [0.05, 0.1) is 28.7 Å². The summed E-state index contributed by atoms with van der Waals surface area (Å²) >= 11 is 0. The summed E-state index contributed by atoms with van der Waals surface area (Å²) in [7, 11) is -7.83. The summed E-state index contributed by atoms with van der Waals surface area (Å²) in [5.41, 5.74) is -0.0549. The fourth-order valence-corrected chi connectivity index (χ4v) is 3.87. The van der Waals surface area contributed by atoms with Crippen LogP contribution >= 0.6 is 0 Å². The SMILES string of the molecule is COc1ccccc1N=Nc1c(S(=O)(=O)O)cc2ccc(NCCS(=O)(=O)[O-])cc2c1[O-].[Na+].[Na+]. The molecule has 0 aliphatic carbocycles. The molecule has 0 saturated heterocycles. The Balaban J connectivity index is 0.00000289. The Morgan fingerprint density at radius 3 is 2.32 bits per heavy atom. The summed E-state index contributed by atoms with van der Waals surface area (Å²) in [5.74, 6) is -1.15. The van der Waals surface area contributed by atoms with Crippen molar-refractivity contribution >= 4 is 48.1 Å². The van der Waals surface area contributed by atoms with Crippen LogP contribution < -0.4 is 74.3 Å². The van der Waals surface area contributed by atoms with Gasteiger partial charge in [0.15, 0.2) is 0 Å². The molecule has 0 atom stereocenters. The van der Waals surface area contributed by atoms with Gasteiger partial charge >= 0.3 is 59.1 Å². The Labute approximate surface area is 240 Å². The van der Waals surface area contributed by atoms with Crippen molar-refractivity contribution in [2.75, 3.05) is 24.7 Å². The Hall–Kier alpha value is -1.26. The number of nitrogens with zero attached hydrogens (tertiary/aromatic N) is 2. The minimum atomic E-state index is -4.81. The average Bonchev–Trinajstić information content (AvgIpc) is 2.71. The molecule has 3 aromatic rings. The fourth-order valence-electron chi connectivity index (χ4n) is 2.87. The quantitative estimate of drug-likeness (QED) is 0.172. The number of benzene rings is 3. The molecule has 3 rings (SSSR count). The summed E-state index contributed by atoms with van der Waals surface area (Å²) in [5, 5.41) is 23.6. The van der Waals surface area contributed by atoms with Crippen LogP contribution in [0.5, 0.6) is 11.5 Å². The van der Waals surface area contributed by atoms with Crippen LogP contribution in [0.4, 0.5) is 17.1 Å². The molecule has 3 aromatic carbocycles. The van der Waals surface area contributed by atoms with E-state index < -0.39 is 42.3 Å². The van der Waals surface area contributed by atoms with Gasteiger partial charge in [-0.2, -0.15) is 8.42 Å². The van der Waals surface area contributed by atoms with E-state index in [0.717, 1.165) is 6.07 Å². The molecule has 34 heavy (non-hydrogen) atoms. The number of ether oxygens (including phenoxy) is 1. The predicted octanol–water partition coefficient (Wildman–Crippen LogP) is -3.45. The molecule has 0 radical (unpaired) electrons. The van der Waals surface area contributed by atoms with Crippen molar-refractivity contribution < 1.29 is 94.9 Å². The Kier molecular flexibility index (Phi) is 11.4. The van der Waals surface area contributed by atoms with Gasteiger partial charge in [0.2, 0.25) is 0 Å². The van der Waals surface area contributed by atoms with Crippen molar-refractivity contribution in [3.05, 3.63) is 48.5 Å². The van der Waals surface area contributed by atoms with Crippen LogP contribution in [0.3, 0.4) is 0 Å². The molecule has 0 heterocycles. The summed E-state index contributed by atoms with van der Waals surface area (Å²) in [6, 6.07) is 11.7. The van der Waals surface area contributed by atoms with Crippen LogP contribution in [-0.4, -0.2) is 45.3 Å². The van der Waals surface area contributed by atoms with E-state index in [-0.39, 0.29) is 82.1 Å². The molecular weight excluding hydrogens is 508 g/mol. The summed E-state index contributed by atoms with van der Waals surface area (Å²) in [6.45, 7) is -0.186. The molecule has 0 amide bonds. The molecule has 0 aromatic heterocycles. The zero-order chi connectivity index (χ0) is 23.5. The molecule has 11 nitrogen and oxygen atoms in total. The molecular formula is C19H17N3Na2O8S2. The van der Waals surface area contributed by atoms with E-state index >= 15 is 0 Å². The third-order valence-electron chi connectivity index (χ3n) is 4.33. The number of anilines is 1. The van der Waals surface area contributed by atoms with Crippen molar-refractivity contribution in [2.24, 2.45) is 10.2 Å². The molecule has 2 N–H and O–H groups in total. The smallest absolute Gasteiger partial charge is 0.871 e. The van der Waals surface area contributed by atoms with Crippen LogP contribution in [0.15, 0.2) is 63.7 Å². The molecule has 0 spiro atoms. The van der Waals surface area contributed by atoms with Gasteiger partial charge in [-0.3, -0.25) is 4.55 Å². The van der Waals surface area contributed by atoms with Crippen molar-refractivity contribution in [3.63, 3.8) is 0 Å². The first-order valence-corrected chi connectivity index (χ1v) is 12.0. The third kappa shape index (κ3) is 7.88. The van der Waals surface area contributed by atoms with E-state index in [4.69, 9.17) is 4.74 Å². The molecule has 0 bridgehead atoms. The summed E-state index contributed by atoms with van der Waals surface area (Å²) in [6.07, 6.45) is 0. The van der Waals surface area contributed by atoms with E-state index in [2.05, 4.69) is 15.5 Å². The fraction of sp³-hybridized carbons (Fsp3) is 0.158. The largest absolute Gasteiger partial charge is 1.00 e. The number of rotatable bonds is 8. The van der Waals surface area contributed by atoms with Gasteiger partial charge in [0, 0.05) is 12.2 Å². The average molecular weight is 525 g/mol. The zero-order valence-corrected chi connectivity index (χ0v) is 24.2. The van der Waals surface area contributed by atoms with E-state index in [1.807, 2.05) is 0 Å². The van der Waals surface area contributed by atoms with Crippen LogP contribution in [-0.2, 0) is 20.2 Å². The molecule has 15 heteroatoms. The zero-order valence-electron chi connectivity index (χ0n) is 18.5. The van der Waals surface area contributed by atoms with Crippen molar-refractivity contribution in [1.29, 1.82) is 0 Å². The van der Waals surface area contributed by atoms with Crippen molar-refractivity contribution in [2.45, 2.75) is 4.90 Å². The number of para-hydroxylation sites is 1. The number of fused-ring (bicyclic) bond motifs is 1. The van der Waals surface area contributed by atoms with Crippen molar-refractivity contribution in [3.8, 4) is 11.5 Å². The van der Waals surface area contributed by atoms with Gasteiger partial charge in [-0.25, -0.2) is 8.42 Å². The van der Waals surface area contributed by atoms with E-state index in [1.165, 1.54) is 31.4 Å². The second-order valence-electron chi connectivity index (χ2n) is 6.52. The van der Waals surface area contributed by atoms with Gasteiger partial charge < -0.3 is 19.7 Å². The van der Waals surface area contributed by atoms with E-state index in [0.29, 0.717) is 11.4 Å². The summed E-state index contributed by atoms with van der Waals surface area (Å²) in [4.78, 5) is -0.716. The molecule has 0 unspecified atom stereocenters. The van der Waals surface area contributed by atoms with Crippen LogP contribution in [0.25, 0.3) is 10.8 Å². The molecule has 0 fully saturated rings.